The van der Waals surface area contributed by atoms with E-state index in [0.29, 0.717) is 16.5 Å². The van der Waals surface area contributed by atoms with Crippen LogP contribution in [0, 0.1) is 25.2 Å². The number of benzene rings is 1. The van der Waals surface area contributed by atoms with Crippen molar-refractivity contribution in [2.45, 2.75) is 13.8 Å². The molecule has 2 aromatic heterocycles. The Kier molecular flexibility index (Phi) is 2.50. The zero-order chi connectivity index (χ0) is 13.6. The molecule has 0 fully saturated rings. The highest BCUT2D eigenvalue weighted by Crippen LogP contribution is 2.29. The van der Waals surface area contributed by atoms with Crippen molar-refractivity contribution in [3.05, 3.63) is 35.0 Å². The van der Waals surface area contributed by atoms with Crippen LogP contribution < -0.4 is 5.73 Å². The first-order valence-electron chi connectivity index (χ1n) is 5.72. The third-order valence-electron chi connectivity index (χ3n) is 3.18. The van der Waals surface area contributed by atoms with Crippen molar-refractivity contribution in [3.63, 3.8) is 0 Å². The molecule has 0 saturated carbocycles. The van der Waals surface area contributed by atoms with E-state index >= 15 is 0 Å². The lowest BCUT2D eigenvalue weighted by atomic mass is 10.1. The SMILES string of the molecule is Cc1ccc2sc(-n3ncc(C#N)c3N)nc2c1C. The minimum Gasteiger partial charge on any atom is -0.382 e. The predicted octanol–water partition coefficient (Wildman–Crippen LogP) is 2.55. The average molecular weight is 269 g/mol. The van der Waals surface area contributed by atoms with E-state index < -0.39 is 0 Å². The van der Waals surface area contributed by atoms with Crippen LogP contribution in [-0.2, 0) is 0 Å². The van der Waals surface area contributed by atoms with Gasteiger partial charge in [0.2, 0.25) is 5.13 Å². The van der Waals surface area contributed by atoms with Crippen LogP contribution in [0.1, 0.15) is 16.7 Å². The molecule has 0 aliphatic carbocycles. The number of nitriles is 1. The van der Waals surface area contributed by atoms with Crippen LogP contribution in [0.25, 0.3) is 15.3 Å². The molecule has 0 aliphatic heterocycles. The maximum absolute atomic E-state index is 8.90. The Hall–Kier alpha value is -2.39. The minimum atomic E-state index is 0.330. The van der Waals surface area contributed by atoms with Crippen LogP contribution >= 0.6 is 11.3 Å². The lowest BCUT2D eigenvalue weighted by Crippen LogP contribution is -2.01. The number of nitrogen functional groups attached to an aromatic ring is 1. The molecule has 1 aromatic carbocycles. The summed E-state index contributed by atoms with van der Waals surface area (Å²) in [5, 5.41) is 13.7. The fourth-order valence-electron chi connectivity index (χ4n) is 1.90. The van der Waals surface area contributed by atoms with E-state index in [-0.39, 0.29) is 0 Å². The summed E-state index contributed by atoms with van der Waals surface area (Å²) >= 11 is 1.51. The molecule has 0 amide bonds. The molecule has 0 radical (unpaired) electrons. The van der Waals surface area contributed by atoms with Crippen molar-refractivity contribution < 1.29 is 0 Å². The molecule has 94 valence electrons. The quantitative estimate of drug-likeness (QED) is 0.736. The van der Waals surface area contributed by atoms with E-state index in [1.54, 1.807) is 0 Å². The number of aryl methyl sites for hydroxylation is 2. The number of thiazole rings is 1. The topological polar surface area (TPSA) is 80.5 Å². The third-order valence-corrected chi connectivity index (χ3v) is 4.18. The molecule has 0 saturated heterocycles. The van der Waals surface area contributed by atoms with Gasteiger partial charge in [0, 0.05) is 0 Å². The Morgan fingerprint density at radius 2 is 2.16 bits per heavy atom. The van der Waals surface area contributed by atoms with Gasteiger partial charge < -0.3 is 5.73 Å². The molecular weight excluding hydrogens is 258 g/mol. The molecule has 0 aliphatic rings. The first-order valence-corrected chi connectivity index (χ1v) is 6.54. The zero-order valence-electron chi connectivity index (χ0n) is 10.5. The smallest absolute Gasteiger partial charge is 0.213 e. The minimum absolute atomic E-state index is 0.330. The molecule has 0 unspecified atom stereocenters. The number of nitrogens with two attached hydrogens (primary N) is 1. The van der Waals surface area contributed by atoms with Crippen molar-refractivity contribution in [2.24, 2.45) is 0 Å². The summed E-state index contributed by atoms with van der Waals surface area (Å²) in [7, 11) is 0. The van der Waals surface area contributed by atoms with Crippen molar-refractivity contribution in [1.82, 2.24) is 14.8 Å². The van der Waals surface area contributed by atoms with Gasteiger partial charge in [-0.1, -0.05) is 17.4 Å². The van der Waals surface area contributed by atoms with Gasteiger partial charge in [0.05, 0.1) is 16.4 Å². The molecular formula is C13H11N5S. The van der Waals surface area contributed by atoms with Crippen molar-refractivity contribution in [1.29, 1.82) is 5.26 Å². The molecule has 6 heteroatoms. The summed E-state index contributed by atoms with van der Waals surface area (Å²) in [4.78, 5) is 4.58. The highest BCUT2D eigenvalue weighted by atomic mass is 32.1. The van der Waals surface area contributed by atoms with Gasteiger partial charge in [-0.2, -0.15) is 15.0 Å². The first kappa shape index (κ1) is 11.7. The summed E-state index contributed by atoms with van der Waals surface area (Å²) in [5.41, 5.74) is 9.58. The van der Waals surface area contributed by atoms with E-state index in [1.165, 1.54) is 27.8 Å². The fraction of sp³-hybridized carbons (Fsp3) is 0.154. The van der Waals surface area contributed by atoms with Crippen LogP contribution in [0.4, 0.5) is 5.82 Å². The summed E-state index contributed by atoms with van der Waals surface area (Å²) in [5.74, 6) is 0.330. The van der Waals surface area contributed by atoms with Crippen LogP contribution in [0.15, 0.2) is 18.3 Å². The summed E-state index contributed by atoms with van der Waals surface area (Å²) in [6.07, 6.45) is 1.46. The number of hydrogen-bond acceptors (Lipinski definition) is 5. The largest absolute Gasteiger partial charge is 0.382 e. The van der Waals surface area contributed by atoms with Crippen molar-refractivity contribution >= 4 is 27.4 Å². The van der Waals surface area contributed by atoms with E-state index in [1.807, 2.05) is 19.1 Å². The van der Waals surface area contributed by atoms with Crippen LogP contribution in [0.5, 0.6) is 0 Å². The van der Waals surface area contributed by atoms with Gasteiger partial charge in [-0.25, -0.2) is 4.98 Å². The Morgan fingerprint density at radius 3 is 2.84 bits per heavy atom. The Balaban J connectivity index is 2.24. The molecule has 0 atom stereocenters. The normalized spacial score (nSPS) is 10.8. The van der Waals surface area contributed by atoms with E-state index in [9.17, 15) is 0 Å². The second-order valence-corrected chi connectivity index (χ2v) is 5.33. The van der Waals surface area contributed by atoms with Gasteiger partial charge >= 0.3 is 0 Å². The number of rotatable bonds is 1. The lowest BCUT2D eigenvalue weighted by Gasteiger charge is -1.98. The first-order chi connectivity index (χ1) is 9.11. The Labute approximate surface area is 113 Å². The number of hydrogen-bond donors (Lipinski definition) is 1. The second kappa shape index (κ2) is 4.07. The summed E-state index contributed by atoms with van der Waals surface area (Å²) < 4.78 is 2.60. The van der Waals surface area contributed by atoms with E-state index in [2.05, 4.69) is 23.1 Å². The molecule has 0 spiro atoms. The van der Waals surface area contributed by atoms with E-state index in [4.69, 9.17) is 11.0 Å². The number of aromatic nitrogens is 3. The number of nitrogens with zero attached hydrogens (tertiary/aromatic N) is 4. The van der Waals surface area contributed by atoms with Crippen molar-refractivity contribution in [2.75, 3.05) is 5.73 Å². The van der Waals surface area contributed by atoms with Crippen LogP contribution in [0.3, 0.4) is 0 Å². The zero-order valence-corrected chi connectivity index (χ0v) is 11.3. The molecule has 3 rings (SSSR count). The fourth-order valence-corrected chi connectivity index (χ4v) is 2.90. The van der Waals surface area contributed by atoms with Crippen molar-refractivity contribution in [3.8, 4) is 11.2 Å². The van der Waals surface area contributed by atoms with Gasteiger partial charge in [0.15, 0.2) is 0 Å². The second-order valence-electron chi connectivity index (χ2n) is 4.32. The third kappa shape index (κ3) is 1.67. The average Bonchev–Trinajstić information content (AvgIpc) is 2.97. The molecule has 2 heterocycles. The van der Waals surface area contributed by atoms with Crippen LogP contribution in [-0.4, -0.2) is 14.8 Å². The van der Waals surface area contributed by atoms with Gasteiger partial charge in [0.1, 0.15) is 17.5 Å². The molecule has 19 heavy (non-hydrogen) atoms. The van der Waals surface area contributed by atoms with Gasteiger partial charge in [-0.15, -0.1) is 0 Å². The highest BCUT2D eigenvalue weighted by Gasteiger charge is 2.14. The Morgan fingerprint density at radius 1 is 1.37 bits per heavy atom. The van der Waals surface area contributed by atoms with Gasteiger partial charge in [0.25, 0.3) is 0 Å². The predicted molar refractivity (Wildman–Crippen MR) is 75.3 cm³/mol. The molecule has 2 N–H and O–H groups in total. The molecule has 0 bridgehead atoms. The van der Waals surface area contributed by atoms with Gasteiger partial charge in [-0.05, 0) is 31.0 Å². The summed E-state index contributed by atoms with van der Waals surface area (Å²) in [6, 6.07) is 6.13. The molecule has 3 aromatic rings. The number of anilines is 1. The monoisotopic (exact) mass is 269 g/mol. The lowest BCUT2D eigenvalue weighted by molar-refractivity contribution is 0.883. The highest BCUT2D eigenvalue weighted by molar-refractivity contribution is 7.20. The summed E-state index contributed by atoms with van der Waals surface area (Å²) in [6.45, 7) is 4.11. The number of fused-ring (bicyclic) bond motifs is 1. The van der Waals surface area contributed by atoms with E-state index in [0.717, 1.165) is 15.8 Å². The standard InChI is InChI=1S/C13H11N5S/c1-7-3-4-10-11(8(7)2)17-13(19-10)18-12(15)9(5-14)6-16-18/h3-4,6H,15H2,1-2H3. The maximum atomic E-state index is 8.90. The molecule has 5 nitrogen and oxygen atoms in total. The van der Waals surface area contributed by atoms with Gasteiger partial charge in [-0.3, -0.25) is 0 Å². The maximum Gasteiger partial charge on any atom is 0.213 e. The van der Waals surface area contributed by atoms with Crippen LogP contribution in [0.2, 0.25) is 0 Å². The Bertz CT molecular complexity index is 822.